The van der Waals surface area contributed by atoms with Gasteiger partial charge in [0, 0.05) is 31.1 Å². The van der Waals surface area contributed by atoms with Crippen molar-refractivity contribution in [2.24, 2.45) is 0 Å². The molecule has 0 aliphatic carbocycles. The van der Waals surface area contributed by atoms with Gasteiger partial charge in [0.2, 0.25) is 0 Å². The SMILES string of the molecule is CC(C)NCc1sc(N(C)C2CCOC2)nc1C(C)C. The zero-order chi connectivity index (χ0) is 14.7. The van der Waals surface area contributed by atoms with Gasteiger partial charge >= 0.3 is 0 Å². The molecule has 2 rings (SSSR count). The smallest absolute Gasteiger partial charge is 0.185 e. The van der Waals surface area contributed by atoms with Crippen LogP contribution in [0, 0.1) is 0 Å². The summed E-state index contributed by atoms with van der Waals surface area (Å²) in [5.74, 6) is 0.470. The van der Waals surface area contributed by atoms with Crippen molar-refractivity contribution >= 4 is 16.5 Å². The lowest BCUT2D eigenvalue weighted by atomic mass is 10.1. The molecule has 0 amide bonds. The molecule has 0 saturated carbocycles. The Morgan fingerprint density at radius 1 is 1.40 bits per heavy atom. The first-order chi connectivity index (χ1) is 9.49. The summed E-state index contributed by atoms with van der Waals surface area (Å²) in [4.78, 5) is 8.54. The van der Waals surface area contributed by atoms with E-state index in [4.69, 9.17) is 9.72 Å². The van der Waals surface area contributed by atoms with Gasteiger partial charge in [-0.15, -0.1) is 11.3 Å². The van der Waals surface area contributed by atoms with Gasteiger partial charge in [-0.3, -0.25) is 0 Å². The Morgan fingerprint density at radius 3 is 2.70 bits per heavy atom. The molecule has 0 bridgehead atoms. The Bertz CT molecular complexity index is 425. The summed E-state index contributed by atoms with van der Waals surface area (Å²) in [5, 5.41) is 4.64. The van der Waals surface area contributed by atoms with E-state index in [1.54, 1.807) is 0 Å². The molecule has 4 nitrogen and oxygen atoms in total. The van der Waals surface area contributed by atoms with E-state index in [2.05, 4.69) is 45.0 Å². The normalized spacial score (nSPS) is 19.2. The molecule has 1 saturated heterocycles. The third-order valence-corrected chi connectivity index (χ3v) is 4.85. The first kappa shape index (κ1) is 15.7. The van der Waals surface area contributed by atoms with E-state index in [-0.39, 0.29) is 0 Å². The molecule has 114 valence electrons. The molecule has 0 aromatic carbocycles. The maximum Gasteiger partial charge on any atom is 0.185 e. The standard InChI is InChI=1S/C15H27N3OS/c1-10(2)14-13(8-16-11(3)4)20-15(17-14)18(5)12-6-7-19-9-12/h10-12,16H,6-9H2,1-5H3. The maximum atomic E-state index is 5.49. The Balaban J connectivity index is 2.14. The predicted molar refractivity (Wildman–Crippen MR) is 85.8 cm³/mol. The van der Waals surface area contributed by atoms with Crippen molar-refractivity contribution in [2.75, 3.05) is 25.2 Å². The van der Waals surface area contributed by atoms with Crippen LogP contribution in [0.2, 0.25) is 0 Å². The van der Waals surface area contributed by atoms with Crippen molar-refractivity contribution in [1.82, 2.24) is 10.3 Å². The zero-order valence-electron chi connectivity index (χ0n) is 13.3. The second-order valence-electron chi connectivity index (χ2n) is 6.12. The lowest BCUT2D eigenvalue weighted by molar-refractivity contribution is 0.193. The molecule has 1 aliphatic rings. The minimum absolute atomic E-state index is 0.470. The number of anilines is 1. The molecule has 1 fully saturated rings. The molecule has 1 atom stereocenters. The number of ether oxygens (including phenoxy) is 1. The highest BCUT2D eigenvalue weighted by atomic mass is 32.1. The quantitative estimate of drug-likeness (QED) is 0.876. The minimum Gasteiger partial charge on any atom is -0.379 e. The highest BCUT2D eigenvalue weighted by Crippen LogP contribution is 2.32. The largest absolute Gasteiger partial charge is 0.379 e. The molecule has 20 heavy (non-hydrogen) atoms. The topological polar surface area (TPSA) is 37.4 Å². The summed E-state index contributed by atoms with van der Waals surface area (Å²) in [6.45, 7) is 11.4. The molecule has 5 heteroatoms. The molecular formula is C15H27N3OS. The van der Waals surface area contributed by atoms with E-state index in [1.807, 2.05) is 11.3 Å². The number of rotatable bonds is 6. The zero-order valence-corrected chi connectivity index (χ0v) is 14.1. The molecule has 2 heterocycles. The molecule has 1 unspecified atom stereocenters. The summed E-state index contributed by atoms with van der Waals surface area (Å²) in [6.07, 6.45) is 1.10. The van der Waals surface area contributed by atoms with E-state index >= 15 is 0 Å². The van der Waals surface area contributed by atoms with Crippen molar-refractivity contribution < 1.29 is 4.74 Å². The van der Waals surface area contributed by atoms with Crippen LogP contribution in [0.5, 0.6) is 0 Å². The molecule has 1 N–H and O–H groups in total. The fraction of sp³-hybridized carbons (Fsp3) is 0.800. The van der Waals surface area contributed by atoms with E-state index in [9.17, 15) is 0 Å². The highest BCUT2D eigenvalue weighted by Gasteiger charge is 2.24. The van der Waals surface area contributed by atoms with E-state index in [0.29, 0.717) is 18.0 Å². The van der Waals surface area contributed by atoms with Crippen LogP contribution < -0.4 is 10.2 Å². The van der Waals surface area contributed by atoms with Crippen LogP contribution in [-0.2, 0) is 11.3 Å². The van der Waals surface area contributed by atoms with E-state index in [1.165, 1.54) is 10.6 Å². The number of aromatic nitrogens is 1. The van der Waals surface area contributed by atoms with Crippen LogP contribution in [0.1, 0.15) is 50.6 Å². The predicted octanol–water partition coefficient (Wildman–Crippen LogP) is 2.99. The van der Waals surface area contributed by atoms with Crippen molar-refractivity contribution in [3.63, 3.8) is 0 Å². The van der Waals surface area contributed by atoms with Crippen LogP contribution in [0.4, 0.5) is 5.13 Å². The average molecular weight is 297 g/mol. The van der Waals surface area contributed by atoms with Crippen LogP contribution in [0.25, 0.3) is 0 Å². The van der Waals surface area contributed by atoms with Crippen LogP contribution in [-0.4, -0.2) is 37.3 Å². The van der Waals surface area contributed by atoms with E-state index in [0.717, 1.165) is 31.3 Å². The number of thiazole rings is 1. The molecule has 1 aromatic rings. The number of likely N-dealkylation sites (N-methyl/N-ethyl adjacent to an activating group) is 1. The fourth-order valence-electron chi connectivity index (χ4n) is 2.36. The number of hydrogen-bond acceptors (Lipinski definition) is 5. The Kier molecular flexibility index (Phi) is 5.41. The fourth-order valence-corrected chi connectivity index (χ4v) is 3.56. The summed E-state index contributed by atoms with van der Waals surface area (Å²) < 4.78 is 5.49. The average Bonchev–Trinajstić information content (AvgIpc) is 3.04. The van der Waals surface area contributed by atoms with Crippen molar-refractivity contribution in [1.29, 1.82) is 0 Å². The van der Waals surface area contributed by atoms with Crippen LogP contribution in [0.3, 0.4) is 0 Å². The van der Waals surface area contributed by atoms with Gasteiger partial charge < -0.3 is 15.0 Å². The van der Waals surface area contributed by atoms with Crippen LogP contribution in [0.15, 0.2) is 0 Å². The monoisotopic (exact) mass is 297 g/mol. The third kappa shape index (κ3) is 3.71. The molecule has 0 radical (unpaired) electrons. The second kappa shape index (κ2) is 6.87. The third-order valence-electron chi connectivity index (χ3n) is 3.69. The Hall–Kier alpha value is -0.650. The first-order valence-electron chi connectivity index (χ1n) is 7.52. The Labute approximate surface area is 126 Å². The highest BCUT2D eigenvalue weighted by molar-refractivity contribution is 7.15. The van der Waals surface area contributed by atoms with Crippen molar-refractivity contribution in [3.05, 3.63) is 10.6 Å². The van der Waals surface area contributed by atoms with Gasteiger partial charge in [0.25, 0.3) is 0 Å². The van der Waals surface area contributed by atoms with Crippen molar-refractivity contribution in [2.45, 2.75) is 58.7 Å². The summed E-state index contributed by atoms with van der Waals surface area (Å²) >= 11 is 1.82. The van der Waals surface area contributed by atoms with Gasteiger partial charge in [-0.1, -0.05) is 27.7 Å². The lowest BCUT2D eigenvalue weighted by Gasteiger charge is -2.22. The minimum atomic E-state index is 0.470. The van der Waals surface area contributed by atoms with E-state index < -0.39 is 0 Å². The number of nitrogens with one attached hydrogen (secondary N) is 1. The first-order valence-corrected chi connectivity index (χ1v) is 8.34. The van der Waals surface area contributed by atoms with Gasteiger partial charge in [0.1, 0.15) is 0 Å². The summed E-state index contributed by atoms with van der Waals surface area (Å²) in [6, 6.07) is 0.980. The lowest BCUT2D eigenvalue weighted by Crippen LogP contribution is -2.31. The van der Waals surface area contributed by atoms with Gasteiger partial charge in [0.05, 0.1) is 18.3 Å². The molecule has 0 spiro atoms. The van der Waals surface area contributed by atoms with Crippen molar-refractivity contribution in [3.8, 4) is 0 Å². The Morgan fingerprint density at radius 2 is 2.15 bits per heavy atom. The maximum absolute atomic E-state index is 5.49. The van der Waals surface area contributed by atoms with Gasteiger partial charge in [-0.05, 0) is 12.3 Å². The molecular weight excluding hydrogens is 270 g/mol. The van der Waals surface area contributed by atoms with Crippen LogP contribution >= 0.6 is 11.3 Å². The van der Waals surface area contributed by atoms with Gasteiger partial charge in [-0.25, -0.2) is 4.98 Å². The summed E-state index contributed by atoms with van der Waals surface area (Å²) in [7, 11) is 2.14. The second-order valence-corrected chi connectivity index (χ2v) is 7.19. The number of hydrogen-bond donors (Lipinski definition) is 1. The number of nitrogens with zero attached hydrogens (tertiary/aromatic N) is 2. The summed E-state index contributed by atoms with van der Waals surface area (Å²) in [5.41, 5.74) is 1.24. The van der Waals surface area contributed by atoms with Gasteiger partial charge in [0.15, 0.2) is 5.13 Å². The van der Waals surface area contributed by atoms with Gasteiger partial charge in [-0.2, -0.15) is 0 Å². The molecule has 1 aliphatic heterocycles. The molecule has 1 aromatic heterocycles.